The number of carbonyl (C=O) groups is 2. The molecule has 8 heteroatoms. The molecule has 1 amide bonds. The number of rotatable bonds is 10. The maximum absolute atomic E-state index is 12.1. The molecule has 1 aromatic carbocycles. The van der Waals surface area contributed by atoms with Crippen LogP contribution in [0.5, 0.6) is 11.5 Å². The Bertz CT molecular complexity index is 660. The van der Waals surface area contributed by atoms with E-state index in [0.717, 1.165) is 47.9 Å². The maximum atomic E-state index is 12.1. The predicted molar refractivity (Wildman–Crippen MR) is 108 cm³/mol. The second-order valence-electron chi connectivity index (χ2n) is 7.02. The summed E-state index contributed by atoms with van der Waals surface area (Å²) >= 11 is 3.43. The van der Waals surface area contributed by atoms with Crippen molar-refractivity contribution in [2.45, 2.75) is 38.5 Å². The highest BCUT2D eigenvalue weighted by molar-refractivity contribution is 9.10. The summed E-state index contributed by atoms with van der Waals surface area (Å²) in [5, 5.41) is 2.77. The number of hydrogen-bond donors (Lipinski definition) is 1. The minimum Gasteiger partial charge on any atom is -0.496 e. The zero-order chi connectivity index (χ0) is 20.4. The van der Waals surface area contributed by atoms with Crippen LogP contribution in [-0.2, 0) is 20.7 Å². The maximum Gasteiger partial charge on any atom is 0.407 e. The van der Waals surface area contributed by atoms with Gasteiger partial charge in [-0.25, -0.2) is 4.79 Å². The fourth-order valence-electron chi connectivity index (χ4n) is 3.53. The number of hydrogen-bond acceptors (Lipinski definition) is 6. The molecule has 0 aromatic heterocycles. The molecule has 1 N–H and O–H groups in total. The molecular weight excluding hydrogens is 430 g/mol. The van der Waals surface area contributed by atoms with Gasteiger partial charge in [0, 0.05) is 12.0 Å². The van der Waals surface area contributed by atoms with Crippen molar-refractivity contribution in [1.29, 1.82) is 0 Å². The third kappa shape index (κ3) is 6.29. The highest BCUT2D eigenvalue weighted by atomic mass is 79.9. The number of halogens is 1. The van der Waals surface area contributed by atoms with E-state index in [2.05, 4.69) is 21.2 Å². The third-order valence-electron chi connectivity index (χ3n) is 5.10. The van der Waals surface area contributed by atoms with Crippen LogP contribution >= 0.6 is 15.9 Å². The quantitative estimate of drug-likeness (QED) is 0.537. The molecule has 1 aliphatic rings. The highest BCUT2D eigenvalue weighted by Gasteiger charge is 2.34. The number of amides is 1. The highest BCUT2D eigenvalue weighted by Crippen LogP contribution is 2.37. The van der Waals surface area contributed by atoms with Crippen LogP contribution in [0.25, 0.3) is 0 Å². The number of alkyl carbamates (subject to hydrolysis) is 1. The lowest BCUT2D eigenvalue weighted by molar-refractivity contribution is -0.134. The van der Waals surface area contributed by atoms with Crippen molar-refractivity contribution in [3.05, 3.63) is 22.2 Å². The second-order valence-corrected chi connectivity index (χ2v) is 7.87. The first-order chi connectivity index (χ1) is 13.5. The summed E-state index contributed by atoms with van der Waals surface area (Å²) in [4.78, 5) is 22.7. The van der Waals surface area contributed by atoms with Gasteiger partial charge in [-0.1, -0.05) is 19.3 Å². The fraction of sp³-hybridized carbons (Fsp3) is 0.600. The van der Waals surface area contributed by atoms with Gasteiger partial charge in [-0.15, -0.1) is 0 Å². The van der Waals surface area contributed by atoms with E-state index in [0.29, 0.717) is 31.8 Å². The predicted octanol–water partition coefficient (Wildman–Crippen LogP) is 3.86. The first kappa shape index (κ1) is 22.3. The Morgan fingerprint density at radius 2 is 1.86 bits per heavy atom. The summed E-state index contributed by atoms with van der Waals surface area (Å²) in [6, 6.07) is 3.72. The minimum atomic E-state index is -0.473. The number of ether oxygens (including phenoxy) is 4. The molecule has 0 radical (unpaired) electrons. The van der Waals surface area contributed by atoms with E-state index < -0.39 is 6.09 Å². The van der Waals surface area contributed by atoms with E-state index in [1.807, 2.05) is 12.1 Å². The van der Waals surface area contributed by atoms with Gasteiger partial charge in [-0.2, -0.15) is 0 Å². The summed E-state index contributed by atoms with van der Waals surface area (Å²) in [6.07, 6.45) is 5.15. The fourth-order valence-corrected chi connectivity index (χ4v) is 4.02. The average molecular weight is 458 g/mol. The van der Waals surface area contributed by atoms with Crippen molar-refractivity contribution in [3.8, 4) is 11.5 Å². The molecule has 0 heterocycles. The zero-order valence-electron chi connectivity index (χ0n) is 16.4. The lowest BCUT2D eigenvalue weighted by Gasteiger charge is -2.35. The van der Waals surface area contributed by atoms with Gasteiger partial charge in [-0.05, 0) is 52.9 Å². The Hall–Kier alpha value is -1.96. The van der Waals surface area contributed by atoms with Crippen LogP contribution in [0.3, 0.4) is 0 Å². The van der Waals surface area contributed by atoms with E-state index in [9.17, 15) is 9.59 Å². The van der Waals surface area contributed by atoms with Crippen LogP contribution in [0.4, 0.5) is 4.79 Å². The molecule has 1 aliphatic carbocycles. The lowest BCUT2D eigenvalue weighted by Crippen LogP contribution is -2.37. The largest absolute Gasteiger partial charge is 0.496 e. The van der Waals surface area contributed by atoms with Gasteiger partial charge < -0.3 is 24.3 Å². The Kier molecular flexibility index (Phi) is 8.89. The van der Waals surface area contributed by atoms with Gasteiger partial charge in [0.15, 0.2) is 0 Å². The molecule has 156 valence electrons. The van der Waals surface area contributed by atoms with Crippen molar-refractivity contribution in [2.75, 3.05) is 34.0 Å². The van der Waals surface area contributed by atoms with Gasteiger partial charge in [0.05, 0.1) is 25.3 Å². The number of nitrogens with one attached hydrogen (secondary N) is 1. The smallest absolute Gasteiger partial charge is 0.407 e. The summed E-state index contributed by atoms with van der Waals surface area (Å²) in [7, 11) is 3.20. The van der Waals surface area contributed by atoms with E-state index in [1.165, 1.54) is 0 Å². The summed E-state index contributed by atoms with van der Waals surface area (Å²) in [6.45, 7) is 1.40. The monoisotopic (exact) mass is 457 g/mol. The molecule has 1 fully saturated rings. The number of carbonyl (C=O) groups excluding carboxylic acids is 2. The Morgan fingerprint density at radius 3 is 2.50 bits per heavy atom. The van der Waals surface area contributed by atoms with Crippen molar-refractivity contribution < 1.29 is 28.5 Å². The first-order valence-corrected chi connectivity index (χ1v) is 10.2. The van der Waals surface area contributed by atoms with E-state index >= 15 is 0 Å². The van der Waals surface area contributed by atoms with Gasteiger partial charge in [-0.3, -0.25) is 4.79 Å². The van der Waals surface area contributed by atoms with Crippen molar-refractivity contribution in [3.63, 3.8) is 0 Å². The third-order valence-corrected chi connectivity index (χ3v) is 5.72. The molecule has 0 bridgehead atoms. The van der Waals surface area contributed by atoms with Crippen LogP contribution in [0.15, 0.2) is 16.6 Å². The van der Waals surface area contributed by atoms with E-state index in [1.54, 1.807) is 14.2 Å². The van der Waals surface area contributed by atoms with Gasteiger partial charge >= 0.3 is 6.09 Å². The Labute approximate surface area is 174 Å². The van der Waals surface area contributed by atoms with Crippen molar-refractivity contribution in [1.82, 2.24) is 5.32 Å². The Balaban J connectivity index is 1.84. The molecule has 0 unspecified atom stereocenters. The van der Waals surface area contributed by atoms with Gasteiger partial charge in [0.2, 0.25) is 0 Å². The molecule has 2 rings (SSSR count). The van der Waals surface area contributed by atoms with Gasteiger partial charge in [0.1, 0.15) is 18.1 Å². The molecule has 0 aliphatic heterocycles. The molecule has 1 saturated carbocycles. The van der Waals surface area contributed by atoms with Crippen molar-refractivity contribution in [2.24, 2.45) is 5.41 Å². The molecule has 0 atom stereocenters. The SMILES string of the molecule is COc1cc(CCNC(=O)OCC2(COC=O)CCCCC2)c(OC)cc1Br. The number of methoxy groups -OCH3 is 2. The topological polar surface area (TPSA) is 83.1 Å². The van der Waals surface area contributed by atoms with Crippen molar-refractivity contribution >= 4 is 28.5 Å². The minimum absolute atomic E-state index is 0.252. The summed E-state index contributed by atoms with van der Waals surface area (Å²) < 4.78 is 21.9. The van der Waals surface area contributed by atoms with E-state index in [4.69, 9.17) is 18.9 Å². The number of benzene rings is 1. The molecular formula is C20H28BrNO6. The molecule has 1 aromatic rings. The van der Waals surface area contributed by atoms with Crippen LogP contribution in [0, 0.1) is 5.41 Å². The molecule has 28 heavy (non-hydrogen) atoms. The lowest BCUT2D eigenvalue weighted by atomic mass is 9.75. The first-order valence-electron chi connectivity index (χ1n) is 9.40. The molecule has 7 nitrogen and oxygen atoms in total. The molecule has 0 spiro atoms. The normalized spacial score (nSPS) is 15.4. The standard InChI is InChI=1S/C20H28BrNO6/c1-25-17-11-16(21)18(26-2)10-15(17)6-9-22-19(24)28-13-20(12-27-14-23)7-4-3-5-8-20/h10-11,14H,3-9,12-13H2,1-2H3,(H,22,24). The second kappa shape index (κ2) is 11.1. The van der Waals surface area contributed by atoms with Gasteiger partial charge in [0.25, 0.3) is 6.47 Å². The summed E-state index contributed by atoms with van der Waals surface area (Å²) in [5.41, 5.74) is 0.657. The molecule has 0 saturated heterocycles. The van der Waals surface area contributed by atoms with Crippen LogP contribution in [0.1, 0.15) is 37.7 Å². The Morgan fingerprint density at radius 1 is 1.14 bits per heavy atom. The van der Waals surface area contributed by atoms with E-state index in [-0.39, 0.29) is 12.0 Å². The van der Waals surface area contributed by atoms with Crippen LogP contribution in [-0.4, -0.2) is 46.5 Å². The summed E-state index contributed by atoms with van der Waals surface area (Å²) in [5.74, 6) is 1.42. The average Bonchev–Trinajstić information content (AvgIpc) is 2.72. The van der Waals surface area contributed by atoms with Crippen LogP contribution in [0.2, 0.25) is 0 Å². The van der Waals surface area contributed by atoms with Crippen LogP contribution < -0.4 is 14.8 Å². The zero-order valence-corrected chi connectivity index (χ0v) is 18.0.